The van der Waals surface area contributed by atoms with Gasteiger partial charge in [0.2, 0.25) is 0 Å². The van der Waals surface area contributed by atoms with Gasteiger partial charge in [-0.25, -0.2) is 0 Å². The van der Waals surface area contributed by atoms with Crippen molar-refractivity contribution in [3.63, 3.8) is 0 Å². The van der Waals surface area contributed by atoms with Crippen LogP contribution < -0.4 is 10.6 Å². The predicted molar refractivity (Wildman–Crippen MR) is 67.5 cm³/mol. The first-order chi connectivity index (χ1) is 7.90. The lowest BCUT2D eigenvalue weighted by molar-refractivity contribution is 0.467. The second-order valence-electron chi connectivity index (χ2n) is 5.06. The predicted octanol–water partition coefficient (Wildman–Crippen LogP) is 2.67. The van der Waals surface area contributed by atoms with Gasteiger partial charge >= 0.3 is 0 Å². The molecule has 2 bridgehead atoms. The lowest BCUT2D eigenvalue weighted by Gasteiger charge is -2.38. The van der Waals surface area contributed by atoms with Gasteiger partial charge in [0, 0.05) is 24.3 Å². The maximum atomic E-state index is 5.84. The summed E-state index contributed by atoms with van der Waals surface area (Å²) < 4.78 is 0. The number of piperidine rings is 1. The van der Waals surface area contributed by atoms with Crippen LogP contribution in [0.25, 0.3) is 0 Å². The van der Waals surface area contributed by atoms with Crippen molar-refractivity contribution < 1.29 is 0 Å². The zero-order valence-electron chi connectivity index (χ0n) is 9.73. The minimum Gasteiger partial charge on any atom is -0.365 e. The maximum Gasteiger partial charge on any atom is 0.0416 e. The Bertz CT molecular complexity index is 359. The minimum atomic E-state index is 0.659. The van der Waals surface area contributed by atoms with E-state index in [1.807, 2.05) is 0 Å². The van der Waals surface area contributed by atoms with Crippen LogP contribution in [0.3, 0.4) is 0 Å². The van der Waals surface area contributed by atoms with Gasteiger partial charge in [0.1, 0.15) is 0 Å². The van der Waals surface area contributed by atoms with Gasteiger partial charge in [-0.1, -0.05) is 18.2 Å². The van der Waals surface area contributed by atoms with Gasteiger partial charge in [-0.2, -0.15) is 0 Å². The van der Waals surface area contributed by atoms with E-state index in [1.165, 1.54) is 43.4 Å². The van der Waals surface area contributed by atoms with Crippen LogP contribution in [-0.2, 0) is 6.54 Å². The second kappa shape index (κ2) is 4.10. The lowest BCUT2D eigenvalue weighted by Crippen LogP contribution is -2.40. The molecule has 0 aromatic heterocycles. The molecule has 0 aliphatic carbocycles. The number of hydrogen-bond donors (Lipinski definition) is 1. The molecule has 2 atom stereocenters. The van der Waals surface area contributed by atoms with E-state index in [0.29, 0.717) is 6.54 Å². The average molecular weight is 216 g/mol. The molecule has 86 valence electrons. The third-order valence-corrected chi connectivity index (χ3v) is 4.18. The van der Waals surface area contributed by atoms with E-state index in [-0.39, 0.29) is 0 Å². The average Bonchev–Trinajstić information content (AvgIpc) is 2.58. The number of hydrogen-bond acceptors (Lipinski definition) is 2. The number of nitrogens with two attached hydrogens (primary N) is 1. The maximum absolute atomic E-state index is 5.84. The van der Waals surface area contributed by atoms with Crippen molar-refractivity contribution in [2.75, 3.05) is 4.90 Å². The molecule has 2 unspecified atom stereocenters. The zero-order chi connectivity index (χ0) is 11.0. The van der Waals surface area contributed by atoms with E-state index in [1.54, 1.807) is 0 Å². The Kier molecular flexibility index (Phi) is 2.60. The van der Waals surface area contributed by atoms with Crippen molar-refractivity contribution in [2.24, 2.45) is 5.73 Å². The number of rotatable bonds is 2. The molecular formula is C14H20N2. The van der Waals surface area contributed by atoms with E-state index in [2.05, 4.69) is 29.2 Å². The highest BCUT2D eigenvalue weighted by Gasteiger charge is 2.36. The summed E-state index contributed by atoms with van der Waals surface area (Å²) in [4.78, 5) is 2.66. The van der Waals surface area contributed by atoms with E-state index >= 15 is 0 Å². The summed E-state index contributed by atoms with van der Waals surface area (Å²) in [6.45, 7) is 0.659. The van der Waals surface area contributed by atoms with Gasteiger partial charge < -0.3 is 10.6 Å². The molecule has 2 N–H and O–H groups in total. The van der Waals surface area contributed by atoms with E-state index < -0.39 is 0 Å². The van der Waals surface area contributed by atoms with Crippen molar-refractivity contribution in [3.05, 3.63) is 29.8 Å². The lowest BCUT2D eigenvalue weighted by atomic mass is 10.0. The quantitative estimate of drug-likeness (QED) is 0.823. The molecular weight excluding hydrogens is 196 g/mol. The third-order valence-electron chi connectivity index (χ3n) is 4.18. The van der Waals surface area contributed by atoms with E-state index in [0.717, 1.165) is 12.1 Å². The standard InChI is InChI=1S/C14H20N2/c15-10-11-4-1-2-7-14(11)16-12-5-3-6-13(16)9-8-12/h1-2,4,7,12-13H,3,5-6,8-10,15H2. The van der Waals surface area contributed by atoms with Crippen LogP contribution in [0, 0.1) is 0 Å². The normalized spacial score (nSPS) is 28.4. The SMILES string of the molecule is NCc1ccccc1N1C2CCCC1CC2. The van der Waals surface area contributed by atoms with Gasteiger partial charge in [-0.05, 0) is 43.7 Å². The van der Waals surface area contributed by atoms with Gasteiger partial charge in [-0.3, -0.25) is 0 Å². The van der Waals surface area contributed by atoms with Crippen LogP contribution in [-0.4, -0.2) is 12.1 Å². The Morgan fingerprint density at radius 2 is 1.75 bits per heavy atom. The Morgan fingerprint density at radius 1 is 1.06 bits per heavy atom. The van der Waals surface area contributed by atoms with Crippen molar-refractivity contribution >= 4 is 5.69 Å². The fourth-order valence-corrected chi connectivity index (χ4v) is 3.45. The summed E-state index contributed by atoms with van der Waals surface area (Å²) in [5.41, 5.74) is 8.55. The molecule has 2 fully saturated rings. The summed E-state index contributed by atoms with van der Waals surface area (Å²) in [6.07, 6.45) is 6.91. The Morgan fingerprint density at radius 3 is 2.44 bits per heavy atom. The molecule has 2 nitrogen and oxygen atoms in total. The fourth-order valence-electron chi connectivity index (χ4n) is 3.45. The van der Waals surface area contributed by atoms with Crippen molar-refractivity contribution in [2.45, 2.75) is 50.7 Å². The number of para-hydroxylation sites is 1. The molecule has 1 aromatic carbocycles. The first-order valence-electron chi connectivity index (χ1n) is 6.46. The van der Waals surface area contributed by atoms with Crippen LogP contribution in [0.5, 0.6) is 0 Å². The Balaban J connectivity index is 1.97. The summed E-state index contributed by atoms with van der Waals surface area (Å²) in [6, 6.07) is 10.2. The highest BCUT2D eigenvalue weighted by Crippen LogP contribution is 2.40. The summed E-state index contributed by atoms with van der Waals surface area (Å²) in [5.74, 6) is 0. The largest absolute Gasteiger partial charge is 0.365 e. The van der Waals surface area contributed by atoms with Crippen molar-refractivity contribution in [1.29, 1.82) is 0 Å². The Hall–Kier alpha value is -1.02. The summed E-state index contributed by atoms with van der Waals surface area (Å²) in [5, 5.41) is 0. The molecule has 0 amide bonds. The molecule has 2 aliphatic heterocycles. The van der Waals surface area contributed by atoms with E-state index in [4.69, 9.17) is 5.73 Å². The first kappa shape index (κ1) is 10.2. The second-order valence-corrected chi connectivity index (χ2v) is 5.06. The van der Waals surface area contributed by atoms with Crippen LogP contribution >= 0.6 is 0 Å². The van der Waals surface area contributed by atoms with Gasteiger partial charge in [0.25, 0.3) is 0 Å². The Labute approximate surface area is 97.4 Å². The molecule has 0 spiro atoms. The highest BCUT2D eigenvalue weighted by atomic mass is 15.2. The smallest absolute Gasteiger partial charge is 0.0416 e. The monoisotopic (exact) mass is 216 g/mol. The molecule has 2 heterocycles. The fraction of sp³-hybridized carbons (Fsp3) is 0.571. The molecule has 1 aromatic rings. The molecule has 0 saturated carbocycles. The van der Waals surface area contributed by atoms with Gasteiger partial charge in [0.15, 0.2) is 0 Å². The number of nitrogens with zero attached hydrogens (tertiary/aromatic N) is 1. The summed E-state index contributed by atoms with van der Waals surface area (Å²) >= 11 is 0. The number of benzene rings is 1. The zero-order valence-corrected chi connectivity index (χ0v) is 9.73. The van der Waals surface area contributed by atoms with Crippen LogP contribution in [0.2, 0.25) is 0 Å². The molecule has 2 saturated heterocycles. The van der Waals surface area contributed by atoms with Crippen LogP contribution in [0.4, 0.5) is 5.69 Å². The number of anilines is 1. The number of fused-ring (bicyclic) bond motifs is 2. The van der Waals surface area contributed by atoms with Crippen LogP contribution in [0.15, 0.2) is 24.3 Å². The molecule has 2 aliphatic rings. The van der Waals surface area contributed by atoms with Crippen molar-refractivity contribution in [3.8, 4) is 0 Å². The topological polar surface area (TPSA) is 29.3 Å². The van der Waals surface area contributed by atoms with Gasteiger partial charge in [0.05, 0.1) is 0 Å². The summed E-state index contributed by atoms with van der Waals surface area (Å²) in [7, 11) is 0. The van der Waals surface area contributed by atoms with Gasteiger partial charge in [-0.15, -0.1) is 0 Å². The minimum absolute atomic E-state index is 0.659. The molecule has 0 radical (unpaired) electrons. The van der Waals surface area contributed by atoms with Crippen LogP contribution in [0.1, 0.15) is 37.7 Å². The first-order valence-corrected chi connectivity index (χ1v) is 6.46. The molecule has 2 heteroatoms. The molecule has 3 rings (SSSR count). The third kappa shape index (κ3) is 1.52. The molecule has 16 heavy (non-hydrogen) atoms. The highest BCUT2D eigenvalue weighted by molar-refractivity contribution is 5.56. The van der Waals surface area contributed by atoms with E-state index in [9.17, 15) is 0 Å². The van der Waals surface area contributed by atoms with Crippen molar-refractivity contribution in [1.82, 2.24) is 0 Å².